The summed E-state index contributed by atoms with van der Waals surface area (Å²) in [5.41, 5.74) is 4.35. The fraction of sp³-hybridized carbons (Fsp3) is 0.652. The lowest BCUT2D eigenvalue weighted by Crippen LogP contribution is -2.56. The third-order valence-corrected chi connectivity index (χ3v) is 7.51. The summed E-state index contributed by atoms with van der Waals surface area (Å²) < 4.78 is 5.81. The van der Waals surface area contributed by atoms with Gasteiger partial charge in [-0.2, -0.15) is 0 Å². The van der Waals surface area contributed by atoms with Crippen LogP contribution in [0.2, 0.25) is 0 Å². The van der Waals surface area contributed by atoms with Gasteiger partial charge < -0.3 is 4.74 Å². The maximum Gasteiger partial charge on any atom is 0.339 e. The molecule has 6 heteroatoms. The van der Waals surface area contributed by atoms with E-state index < -0.39 is 5.60 Å². The predicted molar refractivity (Wildman–Crippen MR) is 109 cm³/mol. The molecule has 1 saturated heterocycles. The Bertz CT molecular complexity index is 773. The van der Waals surface area contributed by atoms with Gasteiger partial charge in [-0.3, -0.25) is 15.1 Å². The van der Waals surface area contributed by atoms with Crippen molar-refractivity contribution in [1.82, 2.24) is 15.3 Å². The molecule has 1 N–H and O–H groups in total. The minimum Gasteiger partial charge on any atom is -0.451 e. The molecule has 1 aromatic rings. The largest absolute Gasteiger partial charge is 0.451 e. The summed E-state index contributed by atoms with van der Waals surface area (Å²) in [4.78, 5) is 27.7. The van der Waals surface area contributed by atoms with Crippen molar-refractivity contribution in [2.45, 2.75) is 63.0 Å². The Hall–Kier alpha value is -1.92. The first-order valence-electron chi connectivity index (χ1n) is 11.3. The molecule has 5 rings (SSSR count). The van der Waals surface area contributed by atoms with Gasteiger partial charge in [0.05, 0.1) is 5.56 Å². The molecule has 29 heavy (non-hydrogen) atoms. The molecule has 1 spiro atoms. The van der Waals surface area contributed by atoms with Crippen LogP contribution in [0.1, 0.15) is 67.3 Å². The molecule has 1 aromatic carbocycles. The highest BCUT2D eigenvalue weighted by atomic mass is 16.6. The van der Waals surface area contributed by atoms with Crippen LogP contribution in [-0.2, 0) is 15.1 Å². The zero-order valence-corrected chi connectivity index (χ0v) is 17.1. The van der Waals surface area contributed by atoms with Gasteiger partial charge in [0.2, 0.25) is 5.91 Å². The van der Waals surface area contributed by atoms with Gasteiger partial charge in [0.1, 0.15) is 5.60 Å². The first-order valence-corrected chi connectivity index (χ1v) is 11.3. The van der Waals surface area contributed by atoms with E-state index in [-0.39, 0.29) is 17.8 Å². The number of rotatable bonds is 3. The van der Waals surface area contributed by atoms with Gasteiger partial charge >= 0.3 is 5.97 Å². The van der Waals surface area contributed by atoms with Gasteiger partial charge in [0.15, 0.2) is 0 Å². The third kappa shape index (κ3) is 3.57. The lowest BCUT2D eigenvalue weighted by Gasteiger charge is -2.39. The molecule has 2 heterocycles. The molecular formula is C23H31N3O3. The average Bonchev–Trinajstić information content (AvgIpc) is 3.37. The topological polar surface area (TPSA) is 61.9 Å². The number of carbonyl (C=O) groups excluding carboxylic acids is 2. The van der Waals surface area contributed by atoms with Gasteiger partial charge in [0, 0.05) is 43.7 Å². The Labute approximate surface area is 172 Å². The first-order chi connectivity index (χ1) is 14.1. The molecule has 0 radical (unpaired) electrons. The molecule has 6 nitrogen and oxygen atoms in total. The first kappa shape index (κ1) is 19.1. The summed E-state index contributed by atoms with van der Waals surface area (Å²) in [5, 5.41) is 2.10. The van der Waals surface area contributed by atoms with Crippen molar-refractivity contribution in [2.75, 3.05) is 26.2 Å². The van der Waals surface area contributed by atoms with Crippen molar-refractivity contribution < 1.29 is 14.3 Å². The monoisotopic (exact) mass is 397 g/mol. The number of hydrogen-bond donors (Lipinski definition) is 1. The maximum absolute atomic E-state index is 12.8. The number of benzene rings is 1. The SMILES string of the molecule is O=C1OC2(CCC(C(=O)NN3CCN(C4CCCC4)CC3)CC2)c2ccccc21. The van der Waals surface area contributed by atoms with E-state index in [0.29, 0.717) is 5.56 Å². The van der Waals surface area contributed by atoms with E-state index in [1.165, 1.54) is 25.7 Å². The van der Waals surface area contributed by atoms with Gasteiger partial charge in [-0.1, -0.05) is 31.0 Å². The summed E-state index contributed by atoms with van der Waals surface area (Å²) >= 11 is 0. The van der Waals surface area contributed by atoms with Gasteiger partial charge in [0.25, 0.3) is 0 Å². The summed E-state index contributed by atoms with van der Waals surface area (Å²) in [5.74, 6) is -0.0876. The zero-order chi connectivity index (χ0) is 19.8. The van der Waals surface area contributed by atoms with Crippen LogP contribution in [-0.4, -0.2) is 54.0 Å². The van der Waals surface area contributed by atoms with Crippen LogP contribution in [0.5, 0.6) is 0 Å². The number of esters is 1. The number of nitrogens with one attached hydrogen (secondary N) is 1. The fourth-order valence-electron chi connectivity index (χ4n) is 5.78. The van der Waals surface area contributed by atoms with E-state index in [4.69, 9.17) is 4.74 Å². The predicted octanol–water partition coefficient (Wildman–Crippen LogP) is 2.83. The summed E-state index contributed by atoms with van der Waals surface area (Å²) in [6, 6.07) is 8.46. The van der Waals surface area contributed by atoms with Crippen molar-refractivity contribution in [3.8, 4) is 0 Å². The molecule has 0 atom stereocenters. The van der Waals surface area contributed by atoms with Gasteiger partial charge in [-0.15, -0.1) is 0 Å². The van der Waals surface area contributed by atoms with Crippen molar-refractivity contribution in [3.63, 3.8) is 0 Å². The molecule has 1 amide bonds. The van der Waals surface area contributed by atoms with Crippen LogP contribution in [0.3, 0.4) is 0 Å². The second-order valence-electron chi connectivity index (χ2n) is 9.14. The van der Waals surface area contributed by atoms with Gasteiger partial charge in [-0.05, 0) is 44.6 Å². The van der Waals surface area contributed by atoms with Crippen molar-refractivity contribution >= 4 is 11.9 Å². The Morgan fingerprint density at radius 3 is 2.41 bits per heavy atom. The second kappa shape index (κ2) is 7.73. The molecule has 2 aliphatic carbocycles. The quantitative estimate of drug-likeness (QED) is 0.795. The minimum absolute atomic E-state index is 0.0000454. The number of fused-ring (bicyclic) bond motifs is 2. The number of amides is 1. The Balaban J connectivity index is 1.13. The Kier molecular flexibility index (Phi) is 5.08. The number of carbonyl (C=O) groups is 2. The molecule has 4 aliphatic rings. The highest BCUT2D eigenvalue weighted by Crippen LogP contribution is 2.48. The molecule has 0 unspecified atom stereocenters. The van der Waals surface area contributed by atoms with E-state index in [1.54, 1.807) is 0 Å². The Morgan fingerprint density at radius 2 is 1.69 bits per heavy atom. The number of nitrogens with zero attached hydrogens (tertiary/aromatic N) is 2. The zero-order valence-electron chi connectivity index (χ0n) is 17.1. The molecule has 2 aliphatic heterocycles. The minimum atomic E-state index is -0.517. The summed E-state index contributed by atoms with van der Waals surface area (Å²) in [7, 11) is 0. The molecule has 156 valence electrons. The van der Waals surface area contributed by atoms with E-state index in [9.17, 15) is 9.59 Å². The smallest absolute Gasteiger partial charge is 0.339 e. The number of ether oxygens (including phenoxy) is 1. The van der Waals surface area contributed by atoms with E-state index in [1.807, 2.05) is 24.3 Å². The van der Waals surface area contributed by atoms with E-state index in [2.05, 4.69) is 15.3 Å². The molecule has 2 saturated carbocycles. The van der Waals surface area contributed by atoms with Crippen LogP contribution in [0.4, 0.5) is 0 Å². The van der Waals surface area contributed by atoms with Crippen molar-refractivity contribution in [3.05, 3.63) is 35.4 Å². The standard InChI is InChI=1S/C23H31N3O3/c27-21(24-26-15-13-25(14-16-26)18-5-1-2-6-18)17-9-11-23(12-10-17)20-8-4-3-7-19(20)22(28)29-23/h3-4,7-8,17-18H,1-2,5-6,9-16H2,(H,24,27). The number of hydrogen-bond acceptors (Lipinski definition) is 5. The third-order valence-electron chi connectivity index (χ3n) is 7.51. The van der Waals surface area contributed by atoms with Crippen LogP contribution in [0.25, 0.3) is 0 Å². The normalized spacial score (nSPS) is 31.0. The van der Waals surface area contributed by atoms with E-state index in [0.717, 1.165) is 63.5 Å². The second-order valence-corrected chi connectivity index (χ2v) is 9.14. The van der Waals surface area contributed by atoms with Crippen LogP contribution in [0.15, 0.2) is 24.3 Å². The van der Waals surface area contributed by atoms with E-state index >= 15 is 0 Å². The van der Waals surface area contributed by atoms with Crippen LogP contribution < -0.4 is 5.43 Å². The van der Waals surface area contributed by atoms with Crippen LogP contribution >= 0.6 is 0 Å². The van der Waals surface area contributed by atoms with Crippen LogP contribution in [0, 0.1) is 5.92 Å². The van der Waals surface area contributed by atoms with Crippen molar-refractivity contribution in [1.29, 1.82) is 0 Å². The Morgan fingerprint density at radius 1 is 1.00 bits per heavy atom. The lowest BCUT2D eigenvalue weighted by atomic mass is 9.75. The van der Waals surface area contributed by atoms with Crippen molar-refractivity contribution in [2.24, 2.45) is 5.92 Å². The highest BCUT2D eigenvalue weighted by molar-refractivity contribution is 5.94. The lowest BCUT2D eigenvalue weighted by molar-refractivity contribution is -0.134. The van der Waals surface area contributed by atoms with Gasteiger partial charge in [-0.25, -0.2) is 9.80 Å². The number of piperazine rings is 1. The summed E-state index contributed by atoms with van der Waals surface area (Å²) in [6.07, 6.45) is 8.38. The molecular weight excluding hydrogens is 366 g/mol. The molecule has 0 aromatic heterocycles. The maximum atomic E-state index is 12.8. The fourth-order valence-corrected chi connectivity index (χ4v) is 5.78. The number of hydrazine groups is 1. The average molecular weight is 398 g/mol. The molecule has 0 bridgehead atoms. The molecule has 3 fully saturated rings. The highest BCUT2D eigenvalue weighted by Gasteiger charge is 2.48. The summed E-state index contributed by atoms with van der Waals surface area (Å²) in [6.45, 7) is 3.91.